The van der Waals surface area contributed by atoms with Crippen LogP contribution in [0.15, 0.2) is 30.5 Å². The van der Waals surface area contributed by atoms with Crippen LogP contribution < -0.4 is 5.32 Å². The van der Waals surface area contributed by atoms with Crippen molar-refractivity contribution in [1.29, 1.82) is 0 Å². The van der Waals surface area contributed by atoms with Crippen LogP contribution in [0, 0.1) is 0 Å². The minimum atomic E-state index is -0.196. The van der Waals surface area contributed by atoms with E-state index in [1.165, 1.54) is 0 Å². The van der Waals surface area contributed by atoms with Crippen molar-refractivity contribution in [2.75, 3.05) is 6.61 Å². The minimum Gasteiger partial charge on any atom is -0.375 e. The van der Waals surface area contributed by atoms with Gasteiger partial charge in [0, 0.05) is 35.3 Å². The van der Waals surface area contributed by atoms with Crippen molar-refractivity contribution >= 4 is 22.6 Å². The first-order chi connectivity index (χ1) is 11.4. The molecule has 1 N–H and O–H groups in total. The maximum atomic E-state index is 12.5. The normalized spacial score (nSPS) is 20.0. The summed E-state index contributed by atoms with van der Waals surface area (Å²) in [7, 11) is 0. The fourth-order valence-electron chi connectivity index (χ4n) is 3.44. The summed E-state index contributed by atoms with van der Waals surface area (Å²) in [5.41, 5.74) is 1.37. The number of ketones is 1. The SMILES string of the molecule is CC(=O)c1cn(CC(=O)NC2CCOC(C)(C)C2)c2ccccc12. The van der Waals surface area contributed by atoms with Gasteiger partial charge in [0.2, 0.25) is 5.91 Å². The number of hydrogen-bond donors (Lipinski definition) is 1. The Morgan fingerprint density at radius 1 is 1.33 bits per heavy atom. The summed E-state index contributed by atoms with van der Waals surface area (Å²) in [4.78, 5) is 24.3. The lowest BCUT2D eigenvalue weighted by atomic mass is 9.94. The molecule has 5 nitrogen and oxygen atoms in total. The second-order valence-electron chi connectivity index (χ2n) is 7.11. The number of nitrogens with zero attached hydrogens (tertiary/aromatic N) is 1. The summed E-state index contributed by atoms with van der Waals surface area (Å²) in [5, 5.41) is 3.99. The number of rotatable bonds is 4. The second kappa shape index (κ2) is 6.40. The topological polar surface area (TPSA) is 60.3 Å². The van der Waals surface area contributed by atoms with Crippen molar-refractivity contribution in [1.82, 2.24) is 9.88 Å². The van der Waals surface area contributed by atoms with Gasteiger partial charge in [0.1, 0.15) is 6.54 Å². The fraction of sp³-hybridized carbons (Fsp3) is 0.474. The molecular formula is C19H24N2O3. The molecule has 3 rings (SSSR count). The smallest absolute Gasteiger partial charge is 0.240 e. The lowest BCUT2D eigenvalue weighted by molar-refractivity contribution is -0.124. The molecule has 1 aliphatic rings. The summed E-state index contributed by atoms with van der Waals surface area (Å²) >= 11 is 0. The van der Waals surface area contributed by atoms with Gasteiger partial charge in [-0.3, -0.25) is 9.59 Å². The largest absolute Gasteiger partial charge is 0.375 e. The lowest BCUT2D eigenvalue weighted by Crippen LogP contribution is -2.46. The molecule has 1 fully saturated rings. The van der Waals surface area contributed by atoms with Crippen LogP contribution in [0.5, 0.6) is 0 Å². The summed E-state index contributed by atoms with van der Waals surface area (Å²) in [6.07, 6.45) is 3.42. The van der Waals surface area contributed by atoms with Gasteiger partial charge in [0.15, 0.2) is 5.78 Å². The third kappa shape index (κ3) is 3.51. The van der Waals surface area contributed by atoms with Gasteiger partial charge < -0.3 is 14.6 Å². The molecule has 2 heterocycles. The zero-order valence-corrected chi connectivity index (χ0v) is 14.5. The molecule has 1 saturated heterocycles. The third-order valence-electron chi connectivity index (χ3n) is 4.54. The number of ether oxygens (including phenoxy) is 1. The third-order valence-corrected chi connectivity index (χ3v) is 4.54. The van der Waals surface area contributed by atoms with Crippen LogP contribution in [0.3, 0.4) is 0 Å². The number of nitrogens with one attached hydrogen (secondary N) is 1. The van der Waals surface area contributed by atoms with Gasteiger partial charge in [-0.1, -0.05) is 18.2 Å². The van der Waals surface area contributed by atoms with Crippen molar-refractivity contribution in [3.8, 4) is 0 Å². The van der Waals surface area contributed by atoms with Crippen LogP contribution in [0.25, 0.3) is 10.9 Å². The summed E-state index contributed by atoms with van der Waals surface area (Å²) in [6, 6.07) is 7.81. The van der Waals surface area contributed by atoms with Gasteiger partial charge in [-0.25, -0.2) is 0 Å². The Kier molecular flexibility index (Phi) is 4.45. The predicted molar refractivity (Wildman–Crippen MR) is 93.1 cm³/mol. The molecule has 1 aromatic carbocycles. The van der Waals surface area contributed by atoms with E-state index in [0.717, 1.165) is 23.7 Å². The van der Waals surface area contributed by atoms with Crippen LogP contribution >= 0.6 is 0 Å². The molecule has 1 aromatic heterocycles. The van der Waals surface area contributed by atoms with Crippen LogP contribution in [0.1, 0.15) is 44.0 Å². The van der Waals surface area contributed by atoms with Crippen LogP contribution in [-0.2, 0) is 16.1 Å². The van der Waals surface area contributed by atoms with Gasteiger partial charge in [-0.2, -0.15) is 0 Å². The Balaban J connectivity index is 1.75. The van der Waals surface area contributed by atoms with E-state index in [2.05, 4.69) is 5.32 Å². The summed E-state index contributed by atoms with van der Waals surface area (Å²) in [6.45, 7) is 6.52. The number of hydrogen-bond acceptors (Lipinski definition) is 3. The zero-order chi connectivity index (χ0) is 17.3. The molecule has 128 valence electrons. The fourth-order valence-corrected chi connectivity index (χ4v) is 3.44. The van der Waals surface area contributed by atoms with Gasteiger partial charge in [0.05, 0.1) is 5.60 Å². The molecule has 1 atom stereocenters. The van der Waals surface area contributed by atoms with Gasteiger partial charge >= 0.3 is 0 Å². The van der Waals surface area contributed by atoms with Crippen LogP contribution in [0.2, 0.25) is 0 Å². The van der Waals surface area contributed by atoms with Crippen molar-refractivity contribution in [2.45, 2.75) is 51.8 Å². The first-order valence-corrected chi connectivity index (χ1v) is 8.38. The standard InChI is InChI=1S/C19H24N2O3/c1-13(22)16-11-21(17-7-5-4-6-15(16)17)12-18(23)20-14-8-9-24-19(2,3)10-14/h4-7,11,14H,8-10,12H2,1-3H3,(H,20,23). The molecule has 0 bridgehead atoms. The summed E-state index contributed by atoms with van der Waals surface area (Å²) < 4.78 is 7.54. The molecule has 24 heavy (non-hydrogen) atoms. The van der Waals surface area contributed by atoms with E-state index in [9.17, 15) is 9.59 Å². The molecular weight excluding hydrogens is 304 g/mol. The number of aromatic nitrogens is 1. The van der Waals surface area contributed by atoms with E-state index in [1.807, 2.05) is 42.7 Å². The van der Waals surface area contributed by atoms with Gasteiger partial charge in [0.25, 0.3) is 0 Å². The molecule has 2 aromatic rings. The van der Waals surface area contributed by atoms with E-state index >= 15 is 0 Å². The number of amides is 1. The van der Waals surface area contributed by atoms with E-state index in [1.54, 1.807) is 13.1 Å². The Bertz CT molecular complexity index is 776. The van der Waals surface area contributed by atoms with E-state index in [-0.39, 0.29) is 29.9 Å². The van der Waals surface area contributed by atoms with E-state index in [4.69, 9.17) is 4.74 Å². The van der Waals surface area contributed by atoms with E-state index < -0.39 is 0 Å². The highest BCUT2D eigenvalue weighted by Gasteiger charge is 2.29. The Labute approximate surface area is 142 Å². The molecule has 1 unspecified atom stereocenters. The van der Waals surface area contributed by atoms with Crippen molar-refractivity contribution in [3.63, 3.8) is 0 Å². The molecule has 0 radical (unpaired) electrons. The second-order valence-corrected chi connectivity index (χ2v) is 7.11. The number of benzene rings is 1. The summed E-state index contributed by atoms with van der Waals surface area (Å²) in [5.74, 6) is -0.0231. The number of carbonyl (C=O) groups is 2. The monoisotopic (exact) mass is 328 g/mol. The van der Waals surface area contributed by atoms with E-state index in [0.29, 0.717) is 12.2 Å². The van der Waals surface area contributed by atoms with Gasteiger partial charge in [-0.15, -0.1) is 0 Å². The van der Waals surface area contributed by atoms with Crippen LogP contribution in [0.4, 0.5) is 0 Å². The van der Waals surface area contributed by atoms with Gasteiger partial charge in [-0.05, 0) is 39.7 Å². The molecule has 1 aliphatic heterocycles. The number of para-hydroxylation sites is 1. The highest BCUT2D eigenvalue weighted by atomic mass is 16.5. The Morgan fingerprint density at radius 3 is 2.79 bits per heavy atom. The molecule has 0 spiro atoms. The number of Topliss-reactive ketones (excluding diaryl/α,β-unsaturated/α-hetero) is 1. The van der Waals surface area contributed by atoms with Crippen molar-refractivity contribution in [3.05, 3.63) is 36.0 Å². The molecule has 5 heteroatoms. The molecule has 1 amide bonds. The number of carbonyl (C=O) groups excluding carboxylic acids is 2. The first-order valence-electron chi connectivity index (χ1n) is 8.38. The predicted octanol–water partition coefficient (Wildman–Crippen LogP) is 2.92. The first kappa shape index (κ1) is 16.7. The molecule has 0 aliphatic carbocycles. The maximum absolute atomic E-state index is 12.5. The Hall–Kier alpha value is -2.14. The maximum Gasteiger partial charge on any atom is 0.240 e. The quantitative estimate of drug-likeness (QED) is 0.878. The average molecular weight is 328 g/mol. The highest BCUT2D eigenvalue weighted by Crippen LogP contribution is 2.24. The minimum absolute atomic E-state index is 0.0107. The van der Waals surface area contributed by atoms with Crippen LogP contribution in [-0.4, -0.2) is 34.5 Å². The molecule has 0 saturated carbocycles. The number of fused-ring (bicyclic) bond motifs is 1. The van der Waals surface area contributed by atoms with Crippen molar-refractivity contribution in [2.24, 2.45) is 0 Å². The lowest BCUT2D eigenvalue weighted by Gasteiger charge is -2.35. The average Bonchev–Trinajstić information content (AvgIpc) is 2.85. The highest BCUT2D eigenvalue weighted by molar-refractivity contribution is 6.07. The van der Waals surface area contributed by atoms with Crippen molar-refractivity contribution < 1.29 is 14.3 Å². The zero-order valence-electron chi connectivity index (χ0n) is 14.5. The Morgan fingerprint density at radius 2 is 2.08 bits per heavy atom.